The summed E-state index contributed by atoms with van der Waals surface area (Å²) < 4.78 is 0. The van der Waals surface area contributed by atoms with Crippen molar-refractivity contribution in [1.82, 2.24) is 0 Å². The van der Waals surface area contributed by atoms with E-state index in [2.05, 4.69) is 12.1 Å². The molecule has 1 heterocycles. The predicted octanol–water partition coefficient (Wildman–Crippen LogP) is 3.81. The molecule has 1 aromatic carbocycles. The summed E-state index contributed by atoms with van der Waals surface area (Å²) in [6.45, 7) is 2.00. The highest BCUT2D eigenvalue weighted by atomic mass is 32.1. The summed E-state index contributed by atoms with van der Waals surface area (Å²) in [5, 5.41) is 1.95. The Morgan fingerprint density at radius 3 is 2.56 bits per heavy atom. The van der Waals surface area contributed by atoms with Gasteiger partial charge in [-0.1, -0.05) is 43.3 Å². The van der Waals surface area contributed by atoms with Gasteiger partial charge in [-0.2, -0.15) is 0 Å². The van der Waals surface area contributed by atoms with Crippen LogP contribution in [0.2, 0.25) is 0 Å². The van der Waals surface area contributed by atoms with E-state index in [9.17, 15) is 4.79 Å². The molecule has 0 N–H and O–H groups in total. The van der Waals surface area contributed by atoms with E-state index < -0.39 is 0 Å². The molecule has 0 spiro atoms. The Hall–Kier alpha value is -1.41. The van der Waals surface area contributed by atoms with E-state index in [0.29, 0.717) is 0 Å². The first-order valence-electron chi connectivity index (χ1n) is 5.39. The number of thiophene rings is 1. The van der Waals surface area contributed by atoms with Crippen molar-refractivity contribution in [2.75, 3.05) is 0 Å². The Labute approximate surface area is 99.8 Å². The van der Waals surface area contributed by atoms with Gasteiger partial charge in [-0.3, -0.25) is 4.79 Å². The second-order valence-electron chi connectivity index (χ2n) is 3.93. The first-order valence-corrected chi connectivity index (χ1v) is 6.27. The van der Waals surface area contributed by atoms with E-state index >= 15 is 0 Å². The van der Waals surface area contributed by atoms with Gasteiger partial charge in [-0.25, -0.2) is 0 Å². The molecular weight excluding hydrogens is 216 g/mol. The second-order valence-corrected chi connectivity index (χ2v) is 4.88. The van der Waals surface area contributed by atoms with Gasteiger partial charge in [0.2, 0.25) is 0 Å². The van der Waals surface area contributed by atoms with Crippen LogP contribution in [0, 0.1) is 5.92 Å². The molecule has 0 aliphatic carbocycles. The molecule has 1 atom stereocenters. The van der Waals surface area contributed by atoms with Crippen LogP contribution in [0.1, 0.15) is 22.2 Å². The number of rotatable bonds is 4. The Balaban J connectivity index is 2.04. The lowest BCUT2D eigenvalue weighted by Gasteiger charge is -2.08. The summed E-state index contributed by atoms with van der Waals surface area (Å²) in [7, 11) is 0. The van der Waals surface area contributed by atoms with Crippen molar-refractivity contribution in [3.63, 3.8) is 0 Å². The molecule has 2 aromatic rings. The van der Waals surface area contributed by atoms with E-state index in [-0.39, 0.29) is 11.7 Å². The highest BCUT2D eigenvalue weighted by molar-refractivity contribution is 7.12. The summed E-state index contributed by atoms with van der Waals surface area (Å²) in [5.74, 6) is 0.305. The maximum atomic E-state index is 12.0. The maximum absolute atomic E-state index is 12.0. The third-order valence-electron chi connectivity index (χ3n) is 2.60. The third-order valence-corrected chi connectivity index (χ3v) is 3.48. The number of hydrogen-bond acceptors (Lipinski definition) is 2. The zero-order valence-electron chi connectivity index (χ0n) is 9.22. The average Bonchev–Trinajstić information content (AvgIpc) is 2.83. The quantitative estimate of drug-likeness (QED) is 0.730. The van der Waals surface area contributed by atoms with Crippen LogP contribution < -0.4 is 0 Å². The van der Waals surface area contributed by atoms with Gasteiger partial charge in [0, 0.05) is 5.92 Å². The summed E-state index contributed by atoms with van der Waals surface area (Å²) in [6, 6.07) is 14.0. The minimum Gasteiger partial charge on any atom is -0.293 e. The number of hydrogen-bond donors (Lipinski definition) is 0. The first kappa shape index (κ1) is 11.1. The van der Waals surface area contributed by atoms with Crippen molar-refractivity contribution in [1.29, 1.82) is 0 Å². The van der Waals surface area contributed by atoms with Crippen LogP contribution in [0.3, 0.4) is 0 Å². The van der Waals surface area contributed by atoms with E-state index in [4.69, 9.17) is 0 Å². The van der Waals surface area contributed by atoms with Gasteiger partial charge in [-0.15, -0.1) is 11.3 Å². The van der Waals surface area contributed by atoms with Crippen LogP contribution >= 0.6 is 11.3 Å². The first-order chi connectivity index (χ1) is 7.77. The highest BCUT2D eigenvalue weighted by Crippen LogP contribution is 2.17. The molecule has 0 bridgehead atoms. The van der Waals surface area contributed by atoms with E-state index in [1.54, 1.807) is 0 Å². The van der Waals surface area contributed by atoms with Gasteiger partial charge in [0.25, 0.3) is 0 Å². The molecule has 0 radical (unpaired) electrons. The standard InChI is InChI=1S/C14H14OS/c1-11(10-12-6-3-2-4-7-12)14(15)13-8-5-9-16-13/h2-9,11H,10H2,1H3/t11-/m0/s1. The van der Waals surface area contributed by atoms with Crippen molar-refractivity contribution in [2.24, 2.45) is 5.92 Å². The minimum absolute atomic E-state index is 0.0565. The molecule has 1 nitrogen and oxygen atoms in total. The van der Waals surface area contributed by atoms with E-state index in [0.717, 1.165) is 11.3 Å². The molecule has 0 aliphatic heterocycles. The molecule has 0 saturated carbocycles. The topological polar surface area (TPSA) is 17.1 Å². The molecule has 0 aliphatic rings. The van der Waals surface area contributed by atoms with Crippen LogP contribution in [0.15, 0.2) is 47.8 Å². The fourth-order valence-corrected chi connectivity index (χ4v) is 2.50. The van der Waals surface area contributed by atoms with Crippen LogP contribution in [0.25, 0.3) is 0 Å². The van der Waals surface area contributed by atoms with Crippen LogP contribution in [-0.4, -0.2) is 5.78 Å². The largest absolute Gasteiger partial charge is 0.293 e. The molecule has 0 unspecified atom stereocenters. The molecule has 0 saturated heterocycles. The van der Waals surface area contributed by atoms with E-state index in [1.807, 2.05) is 42.6 Å². The third kappa shape index (κ3) is 2.58. The SMILES string of the molecule is C[C@@H](Cc1ccccc1)C(=O)c1cccs1. The zero-order chi connectivity index (χ0) is 11.4. The number of Topliss-reactive ketones (excluding diaryl/α,β-unsaturated/α-hetero) is 1. The minimum atomic E-state index is 0.0565. The summed E-state index contributed by atoms with van der Waals surface area (Å²) in [6.07, 6.45) is 0.817. The fourth-order valence-electron chi connectivity index (χ4n) is 1.72. The lowest BCUT2D eigenvalue weighted by atomic mass is 9.96. The maximum Gasteiger partial charge on any atom is 0.175 e. The van der Waals surface area contributed by atoms with Gasteiger partial charge >= 0.3 is 0 Å². The predicted molar refractivity (Wildman–Crippen MR) is 68.0 cm³/mol. The van der Waals surface area contributed by atoms with Crippen LogP contribution in [0.5, 0.6) is 0 Å². The molecule has 2 rings (SSSR count). The monoisotopic (exact) mass is 230 g/mol. The molecule has 1 aromatic heterocycles. The number of benzene rings is 1. The summed E-state index contributed by atoms with van der Waals surface area (Å²) in [4.78, 5) is 12.9. The molecule has 0 amide bonds. The van der Waals surface area contributed by atoms with Crippen molar-refractivity contribution in [2.45, 2.75) is 13.3 Å². The Morgan fingerprint density at radius 1 is 1.19 bits per heavy atom. The van der Waals surface area contributed by atoms with Gasteiger partial charge in [0.15, 0.2) is 5.78 Å². The number of carbonyl (C=O) groups excluding carboxylic acids is 1. The number of carbonyl (C=O) groups is 1. The molecule has 0 fully saturated rings. The van der Waals surface area contributed by atoms with E-state index in [1.165, 1.54) is 16.9 Å². The van der Waals surface area contributed by atoms with Gasteiger partial charge in [0.05, 0.1) is 4.88 Å². The van der Waals surface area contributed by atoms with Gasteiger partial charge in [-0.05, 0) is 23.4 Å². The smallest absolute Gasteiger partial charge is 0.175 e. The lowest BCUT2D eigenvalue weighted by molar-refractivity contribution is 0.0933. The van der Waals surface area contributed by atoms with Crippen molar-refractivity contribution >= 4 is 17.1 Å². The normalized spacial score (nSPS) is 12.3. The van der Waals surface area contributed by atoms with Crippen molar-refractivity contribution in [3.8, 4) is 0 Å². The second kappa shape index (κ2) is 5.08. The summed E-state index contributed by atoms with van der Waals surface area (Å²) >= 11 is 1.52. The Bertz CT molecular complexity index is 445. The molecular formula is C14H14OS. The fraction of sp³-hybridized carbons (Fsp3) is 0.214. The molecule has 2 heteroatoms. The van der Waals surface area contributed by atoms with Gasteiger partial charge < -0.3 is 0 Å². The molecule has 82 valence electrons. The zero-order valence-corrected chi connectivity index (χ0v) is 10.0. The molecule has 16 heavy (non-hydrogen) atoms. The highest BCUT2D eigenvalue weighted by Gasteiger charge is 2.16. The Kier molecular flexibility index (Phi) is 3.52. The summed E-state index contributed by atoms with van der Waals surface area (Å²) in [5.41, 5.74) is 1.22. The van der Waals surface area contributed by atoms with Crippen LogP contribution in [-0.2, 0) is 6.42 Å². The van der Waals surface area contributed by atoms with Crippen LogP contribution in [0.4, 0.5) is 0 Å². The van der Waals surface area contributed by atoms with Crippen molar-refractivity contribution in [3.05, 3.63) is 58.3 Å². The lowest BCUT2D eigenvalue weighted by Crippen LogP contribution is -2.12. The van der Waals surface area contributed by atoms with Crippen molar-refractivity contribution < 1.29 is 4.79 Å². The van der Waals surface area contributed by atoms with Gasteiger partial charge in [0.1, 0.15) is 0 Å². The Morgan fingerprint density at radius 2 is 1.94 bits per heavy atom. The average molecular weight is 230 g/mol. The number of ketones is 1.